The third kappa shape index (κ3) is 2.37. The molecule has 3 aromatic rings. The van der Waals surface area contributed by atoms with E-state index in [1.807, 2.05) is 12.1 Å². The van der Waals surface area contributed by atoms with E-state index in [0.29, 0.717) is 16.7 Å². The molecule has 20 heavy (non-hydrogen) atoms. The van der Waals surface area contributed by atoms with Gasteiger partial charge in [-0.15, -0.1) is 0 Å². The molecular formula is C15H7BrClFO2. The van der Waals surface area contributed by atoms with E-state index in [1.165, 1.54) is 18.2 Å². The Bertz CT molecular complexity index is 873. The van der Waals surface area contributed by atoms with Crippen LogP contribution in [-0.2, 0) is 0 Å². The van der Waals surface area contributed by atoms with Crippen molar-refractivity contribution in [1.29, 1.82) is 0 Å². The molecule has 0 aliphatic carbocycles. The molecule has 1 aromatic heterocycles. The Hall–Kier alpha value is -1.65. The van der Waals surface area contributed by atoms with Gasteiger partial charge in [0.05, 0.1) is 5.02 Å². The van der Waals surface area contributed by atoms with Crippen molar-refractivity contribution in [2.45, 2.75) is 0 Å². The first-order chi connectivity index (χ1) is 9.54. The summed E-state index contributed by atoms with van der Waals surface area (Å²) in [5, 5.41) is 0.987. The maximum absolute atomic E-state index is 13.1. The van der Waals surface area contributed by atoms with E-state index in [9.17, 15) is 9.18 Å². The zero-order chi connectivity index (χ0) is 14.3. The first-order valence-electron chi connectivity index (χ1n) is 5.73. The van der Waals surface area contributed by atoms with Crippen molar-refractivity contribution < 1.29 is 8.81 Å². The van der Waals surface area contributed by atoms with E-state index in [0.717, 1.165) is 9.86 Å². The first kappa shape index (κ1) is 13.3. The molecule has 1 heterocycles. The molecule has 3 rings (SSSR count). The molecule has 0 saturated carbocycles. The van der Waals surface area contributed by atoms with Gasteiger partial charge in [-0.1, -0.05) is 27.5 Å². The summed E-state index contributed by atoms with van der Waals surface area (Å²) in [4.78, 5) is 11.7. The molecule has 0 spiro atoms. The molecule has 0 unspecified atom stereocenters. The van der Waals surface area contributed by atoms with Gasteiger partial charge in [-0.2, -0.15) is 0 Å². The SMILES string of the molecule is O=c1cc(-c2ccc(F)cc2Cl)c2ccc(Br)cc2o1. The highest BCUT2D eigenvalue weighted by Gasteiger charge is 2.11. The number of benzene rings is 2. The molecule has 0 radical (unpaired) electrons. The minimum Gasteiger partial charge on any atom is -0.423 e. The van der Waals surface area contributed by atoms with E-state index >= 15 is 0 Å². The van der Waals surface area contributed by atoms with E-state index in [4.69, 9.17) is 16.0 Å². The van der Waals surface area contributed by atoms with Crippen molar-refractivity contribution >= 4 is 38.5 Å². The van der Waals surface area contributed by atoms with E-state index in [2.05, 4.69) is 15.9 Å². The van der Waals surface area contributed by atoms with Crippen LogP contribution < -0.4 is 5.63 Å². The summed E-state index contributed by atoms with van der Waals surface area (Å²) in [7, 11) is 0. The standard InChI is InChI=1S/C15H7BrClFO2/c16-8-1-3-11-12(7-15(19)20-14(11)5-8)10-4-2-9(18)6-13(10)17/h1-7H. The molecule has 0 N–H and O–H groups in total. The number of hydrogen-bond donors (Lipinski definition) is 0. The van der Waals surface area contributed by atoms with Gasteiger partial charge in [0.25, 0.3) is 0 Å². The molecule has 2 nitrogen and oxygen atoms in total. The van der Waals surface area contributed by atoms with Crippen LogP contribution in [0.15, 0.2) is 56.1 Å². The maximum atomic E-state index is 13.1. The predicted molar refractivity (Wildman–Crippen MR) is 80.6 cm³/mol. The number of hydrogen-bond acceptors (Lipinski definition) is 2. The van der Waals surface area contributed by atoms with Gasteiger partial charge < -0.3 is 4.42 Å². The average Bonchev–Trinajstić information content (AvgIpc) is 2.37. The van der Waals surface area contributed by atoms with Crippen molar-refractivity contribution in [1.82, 2.24) is 0 Å². The molecule has 2 aromatic carbocycles. The lowest BCUT2D eigenvalue weighted by atomic mass is 10.0. The Morgan fingerprint density at radius 2 is 1.85 bits per heavy atom. The number of rotatable bonds is 1. The van der Waals surface area contributed by atoms with Crippen LogP contribution in [0.25, 0.3) is 22.1 Å². The molecule has 0 saturated heterocycles. The van der Waals surface area contributed by atoms with Crippen LogP contribution in [0.1, 0.15) is 0 Å². The lowest BCUT2D eigenvalue weighted by Crippen LogP contribution is -1.98. The molecule has 0 bridgehead atoms. The van der Waals surface area contributed by atoms with Crippen LogP contribution in [0.3, 0.4) is 0 Å². The monoisotopic (exact) mass is 352 g/mol. The van der Waals surface area contributed by atoms with Crippen LogP contribution in [0.4, 0.5) is 4.39 Å². The Labute approximate surface area is 126 Å². The zero-order valence-electron chi connectivity index (χ0n) is 9.99. The second-order valence-corrected chi connectivity index (χ2v) is 5.57. The Morgan fingerprint density at radius 1 is 1.05 bits per heavy atom. The lowest BCUT2D eigenvalue weighted by molar-refractivity contribution is 0.561. The first-order valence-corrected chi connectivity index (χ1v) is 6.90. The van der Waals surface area contributed by atoms with E-state index in [1.54, 1.807) is 12.1 Å². The highest BCUT2D eigenvalue weighted by molar-refractivity contribution is 9.10. The van der Waals surface area contributed by atoms with Crippen LogP contribution >= 0.6 is 27.5 Å². The Kier molecular flexibility index (Phi) is 3.36. The fraction of sp³-hybridized carbons (Fsp3) is 0. The number of halogens is 3. The normalized spacial score (nSPS) is 10.9. The Balaban J connectivity index is 2.38. The van der Waals surface area contributed by atoms with Gasteiger partial charge in [0.15, 0.2) is 0 Å². The quantitative estimate of drug-likeness (QED) is 0.575. The molecule has 100 valence electrons. The van der Waals surface area contributed by atoms with Gasteiger partial charge in [0, 0.05) is 27.1 Å². The van der Waals surface area contributed by atoms with Gasteiger partial charge in [-0.05, 0) is 36.4 Å². The minimum absolute atomic E-state index is 0.250. The average molecular weight is 354 g/mol. The highest BCUT2D eigenvalue weighted by atomic mass is 79.9. The van der Waals surface area contributed by atoms with Crippen LogP contribution in [0.2, 0.25) is 5.02 Å². The summed E-state index contributed by atoms with van der Waals surface area (Å²) in [6.45, 7) is 0. The van der Waals surface area contributed by atoms with Gasteiger partial charge in [-0.25, -0.2) is 9.18 Å². The molecule has 0 atom stereocenters. The van der Waals surface area contributed by atoms with Gasteiger partial charge >= 0.3 is 5.63 Å². The summed E-state index contributed by atoms with van der Waals surface area (Å²) < 4.78 is 19.1. The molecule has 0 aliphatic rings. The summed E-state index contributed by atoms with van der Waals surface area (Å²) in [6, 6.07) is 10.8. The maximum Gasteiger partial charge on any atom is 0.336 e. The zero-order valence-corrected chi connectivity index (χ0v) is 12.3. The number of fused-ring (bicyclic) bond motifs is 1. The van der Waals surface area contributed by atoms with Crippen molar-refractivity contribution in [3.63, 3.8) is 0 Å². The molecule has 0 aliphatic heterocycles. The Morgan fingerprint density at radius 3 is 2.60 bits per heavy atom. The third-order valence-corrected chi connectivity index (χ3v) is 3.73. The summed E-state index contributed by atoms with van der Waals surface area (Å²) in [5.41, 5.74) is 1.18. The fourth-order valence-electron chi connectivity index (χ4n) is 2.07. The van der Waals surface area contributed by atoms with Crippen molar-refractivity contribution in [2.75, 3.05) is 0 Å². The summed E-state index contributed by atoms with van der Waals surface area (Å²) in [5.74, 6) is -0.422. The lowest BCUT2D eigenvalue weighted by Gasteiger charge is -2.08. The highest BCUT2D eigenvalue weighted by Crippen LogP contribution is 2.33. The molecule has 5 heteroatoms. The second kappa shape index (κ2) is 5.04. The van der Waals surface area contributed by atoms with Crippen molar-refractivity contribution in [3.05, 3.63) is 68.2 Å². The van der Waals surface area contributed by atoms with Crippen LogP contribution in [0.5, 0.6) is 0 Å². The molecular weight excluding hydrogens is 347 g/mol. The fourth-order valence-corrected chi connectivity index (χ4v) is 2.68. The summed E-state index contributed by atoms with van der Waals surface area (Å²) in [6.07, 6.45) is 0. The third-order valence-electron chi connectivity index (χ3n) is 2.93. The largest absolute Gasteiger partial charge is 0.423 e. The molecule has 0 amide bonds. The molecule has 0 fully saturated rings. The van der Waals surface area contributed by atoms with Gasteiger partial charge in [0.1, 0.15) is 11.4 Å². The summed E-state index contributed by atoms with van der Waals surface area (Å²) >= 11 is 9.39. The van der Waals surface area contributed by atoms with Crippen molar-refractivity contribution in [2.24, 2.45) is 0 Å². The topological polar surface area (TPSA) is 30.2 Å². The predicted octanol–water partition coefficient (Wildman–Crippen LogP) is 5.02. The minimum atomic E-state index is -0.481. The smallest absolute Gasteiger partial charge is 0.336 e. The van der Waals surface area contributed by atoms with Crippen molar-refractivity contribution in [3.8, 4) is 11.1 Å². The second-order valence-electron chi connectivity index (χ2n) is 4.24. The van der Waals surface area contributed by atoms with Crippen LogP contribution in [-0.4, -0.2) is 0 Å². The van der Waals surface area contributed by atoms with Crippen LogP contribution in [0, 0.1) is 5.82 Å². The van der Waals surface area contributed by atoms with E-state index in [-0.39, 0.29) is 5.02 Å². The van der Waals surface area contributed by atoms with Gasteiger partial charge in [0.2, 0.25) is 0 Å². The van der Waals surface area contributed by atoms with Gasteiger partial charge in [-0.3, -0.25) is 0 Å². The van der Waals surface area contributed by atoms with E-state index < -0.39 is 11.4 Å².